The predicted molar refractivity (Wildman–Crippen MR) is 86.2 cm³/mol. The number of para-hydroxylation sites is 1. The summed E-state index contributed by atoms with van der Waals surface area (Å²) in [4.78, 5) is 4.97. The molecule has 0 aliphatic heterocycles. The van der Waals surface area contributed by atoms with E-state index < -0.39 is 11.6 Å². The highest BCUT2D eigenvalue weighted by Crippen LogP contribution is 2.29. The van der Waals surface area contributed by atoms with Crippen molar-refractivity contribution in [3.05, 3.63) is 69.6 Å². The van der Waals surface area contributed by atoms with Crippen LogP contribution in [0.15, 0.2) is 48.7 Å². The summed E-state index contributed by atoms with van der Waals surface area (Å²) >= 11 is 7.20. The zero-order valence-corrected chi connectivity index (χ0v) is 12.9. The Balaban J connectivity index is 1.87. The Morgan fingerprint density at radius 3 is 2.64 bits per heavy atom. The zero-order valence-electron chi connectivity index (χ0n) is 11.3. The molecule has 0 amide bonds. The molecule has 0 aliphatic carbocycles. The normalized spacial score (nSPS) is 10.7. The Morgan fingerprint density at radius 1 is 1.09 bits per heavy atom. The van der Waals surface area contributed by atoms with Crippen molar-refractivity contribution in [1.82, 2.24) is 4.98 Å². The molecule has 0 saturated carbocycles. The van der Waals surface area contributed by atoms with Gasteiger partial charge in [0.2, 0.25) is 0 Å². The maximum absolute atomic E-state index is 13.4. The second kappa shape index (κ2) is 6.42. The highest BCUT2D eigenvalue weighted by molar-refractivity contribution is 7.15. The monoisotopic (exact) mass is 336 g/mol. The molecule has 2 nitrogen and oxygen atoms in total. The Labute approximate surface area is 135 Å². The minimum atomic E-state index is -0.860. The van der Waals surface area contributed by atoms with Gasteiger partial charge < -0.3 is 5.32 Å². The van der Waals surface area contributed by atoms with Gasteiger partial charge in [0.1, 0.15) is 0 Å². The fraction of sp³-hybridized carbons (Fsp3) is 0.0625. The van der Waals surface area contributed by atoms with Crippen molar-refractivity contribution >= 4 is 28.6 Å². The quantitative estimate of drug-likeness (QED) is 0.694. The minimum absolute atomic E-state index is 0.491. The molecule has 112 valence electrons. The molecule has 3 rings (SSSR count). The minimum Gasteiger partial charge on any atom is -0.380 e. The Hall–Kier alpha value is -1.98. The lowest BCUT2D eigenvalue weighted by Crippen LogP contribution is -1.99. The van der Waals surface area contributed by atoms with Crippen LogP contribution in [0.25, 0.3) is 11.1 Å². The number of thiazole rings is 1. The van der Waals surface area contributed by atoms with Crippen LogP contribution in [-0.2, 0) is 6.54 Å². The standard InChI is InChI=1S/C16H11ClF2N2S/c17-16-21-9-11(22-16)8-20-15-4-2-1-3-12(15)10-5-6-13(18)14(19)7-10/h1-7,9,20H,8H2. The van der Waals surface area contributed by atoms with Gasteiger partial charge in [-0.1, -0.05) is 35.9 Å². The second-order valence-electron chi connectivity index (χ2n) is 4.61. The molecule has 1 N–H and O–H groups in total. The highest BCUT2D eigenvalue weighted by Gasteiger charge is 2.09. The van der Waals surface area contributed by atoms with E-state index in [1.807, 2.05) is 24.3 Å². The summed E-state index contributed by atoms with van der Waals surface area (Å²) in [5, 5.41) is 3.27. The first-order chi connectivity index (χ1) is 10.6. The summed E-state index contributed by atoms with van der Waals surface area (Å²) < 4.78 is 27.0. The summed E-state index contributed by atoms with van der Waals surface area (Å²) in [7, 11) is 0. The average Bonchev–Trinajstić information content (AvgIpc) is 2.94. The number of anilines is 1. The SMILES string of the molecule is Fc1ccc(-c2ccccc2NCc2cnc(Cl)s2)cc1F. The van der Waals surface area contributed by atoms with Crippen LogP contribution in [0, 0.1) is 11.6 Å². The highest BCUT2D eigenvalue weighted by atomic mass is 35.5. The van der Waals surface area contributed by atoms with E-state index in [4.69, 9.17) is 11.6 Å². The first kappa shape index (κ1) is 14.9. The van der Waals surface area contributed by atoms with Crippen molar-refractivity contribution in [2.24, 2.45) is 0 Å². The van der Waals surface area contributed by atoms with Crippen molar-refractivity contribution in [1.29, 1.82) is 0 Å². The van der Waals surface area contributed by atoms with E-state index >= 15 is 0 Å². The number of benzene rings is 2. The first-order valence-electron chi connectivity index (χ1n) is 6.52. The first-order valence-corrected chi connectivity index (χ1v) is 7.71. The largest absolute Gasteiger partial charge is 0.380 e. The van der Waals surface area contributed by atoms with E-state index in [2.05, 4.69) is 10.3 Å². The van der Waals surface area contributed by atoms with Crippen molar-refractivity contribution < 1.29 is 8.78 Å². The molecule has 1 heterocycles. The maximum atomic E-state index is 13.4. The molecular formula is C16H11ClF2N2S. The third-order valence-corrected chi connectivity index (χ3v) is 4.25. The molecule has 0 unspecified atom stereocenters. The van der Waals surface area contributed by atoms with Gasteiger partial charge in [0, 0.05) is 22.3 Å². The third-order valence-electron chi connectivity index (χ3n) is 3.14. The zero-order chi connectivity index (χ0) is 15.5. The van der Waals surface area contributed by atoms with Gasteiger partial charge in [0.15, 0.2) is 16.1 Å². The Kier molecular flexibility index (Phi) is 4.36. The molecule has 0 bridgehead atoms. The van der Waals surface area contributed by atoms with Crippen LogP contribution in [0.3, 0.4) is 0 Å². The van der Waals surface area contributed by atoms with Crippen LogP contribution in [0.2, 0.25) is 4.47 Å². The van der Waals surface area contributed by atoms with Crippen LogP contribution >= 0.6 is 22.9 Å². The van der Waals surface area contributed by atoms with Crippen molar-refractivity contribution in [3.8, 4) is 11.1 Å². The van der Waals surface area contributed by atoms with Crippen LogP contribution in [-0.4, -0.2) is 4.98 Å². The Bertz CT molecular complexity index is 804. The molecule has 0 spiro atoms. The summed E-state index contributed by atoms with van der Waals surface area (Å²) in [6.07, 6.45) is 1.71. The molecule has 6 heteroatoms. The van der Waals surface area contributed by atoms with Crippen LogP contribution in [0.5, 0.6) is 0 Å². The van der Waals surface area contributed by atoms with Gasteiger partial charge in [-0.3, -0.25) is 0 Å². The van der Waals surface area contributed by atoms with Crippen molar-refractivity contribution in [3.63, 3.8) is 0 Å². The molecule has 1 aromatic heterocycles. The van der Waals surface area contributed by atoms with Gasteiger partial charge in [0.05, 0.1) is 6.54 Å². The smallest absolute Gasteiger partial charge is 0.183 e. The number of aromatic nitrogens is 1. The van der Waals surface area contributed by atoms with Gasteiger partial charge in [-0.15, -0.1) is 11.3 Å². The molecule has 0 atom stereocenters. The fourth-order valence-electron chi connectivity index (χ4n) is 2.10. The van der Waals surface area contributed by atoms with Gasteiger partial charge >= 0.3 is 0 Å². The Morgan fingerprint density at radius 2 is 1.91 bits per heavy atom. The van der Waals surface area contributed by atoms with Gasteiger partial charge in [-0.2, -0.15) is 0 Å². The molecule has 3 aromatic rings. The van der Waals surface area contributed by atoms with E-state index in [0.29, 0.717) is 16.6 Å². The summed E-state index contributed by atoms with van der Waals surface area (Å²) in [6, 6.07) is 11.4. The van der Waals surface area contributed by atoms with E-state index in [1.165, 1.54) is 17.4 Å². The van der Waals surface area contributed by atoms with Gasteiger partial charge in [0.25, 0.3) is 0 Å². The van der Waals surface area contributed by atoms with Crippen LogP contribution in [0.1, 0.15) is 4.88 Å². The molecule has 0 radical (unpaired) electrons. The number of hydrogen-bond acceptors (Lipinski definition) is 3. The molecule has 22 heavy (non-hydrogen) atoms. The van der Waals surface area contributed by atoms with E-state index in [9.17, 15) is 8.78 Å². The molecule has 0 aliphatic rings. The number of nitrogens with zero attached hydrogens (tertiary/aromatic N) is 1. The maximum Gasteiger partial charge on any atom is 0.183 e. The average molecular weight is 337 g/mol. The lowest BCUT2D eigenvalue weighted by Gasteiger charge is -2.11. The molecule has 0 saturated heterocycles. The summed E-state index contributed by atoms with van der Waals surface area (Å²) in [6.45, 7) is 0.561. The molecule has 0 fully saturated rings. The number of halogens is 3. The summed E-state index contributed by atoms with van der Waals surface area (Å²) in [5.41, 5.74) is 2.25. The predicted octanol–water partition coefficient (Wildman–Crippen LogP) is 5.35. The number of rotatable bonds is 4. The number of hydrogen-bond donors (Lipinski definition) is 1. The molecule has 2 aromatic carbocycles. The van der Waals surface area contributed by atoms with Gasteiger partial charge in [-0.05, 0) is 23.8 Å². The fourth-order valence-corrected chi connectivity index (χ4v) is 3.02. The molecular weight excluding hydrogens is 326 g/mol. The summed E-state index contributed by atoms with van der Waals surface area (Å²) in [5.74, 6) is -1.71. The van der Waals surface area contributed by atoms with E-state index in [0.717, 1.165) is 22.2 Å². The van der Waals surface area contributed by atoms with E-state index in [1.54, 1.807) is 12.3 Å². The van der Waals surface area contributed by atoms with E-state index in [-0.39, 0.29) is 0 Å². The van der Waals surface area contributed by atoms with Gasteiger partial charge in [-0.25, -0.2) is 13.8 Å². The van der Waals surface area contributed by atoms with Crippen molar-refractivity contribution in [2.75, 3.05) is 5.32 Å². The van der Waals surface area contributed by atoms with Crippen LogP contribution < -0.4 is 5.32 Å². The van der Waals surface area contributed by atoms with Crippen molar-refractivity contribution in [2.45, 2.75) is 6.54 Å². The third kappa shape index (κ3) is 3.26. The lowest BCUT2D eigenvalue weighted by molar-refractivity contribution is 0.509. The van der Waals surface area contributed by atoms with Crippen LogP contribution in [0.4, 0.5) is 14.5 Å². The lowest BCUT2D eigenvalue weighted by atomic mass is 10.0. The topological polar surface area (TPSA) is 24.9 Å². The second-order valence-corrected chi connectivity index (χ2v) is 6.30. The number of nitrogens with one attached hydrogen (secondary N) is 1.